The highest BCUT2D eigenvalue weighted by Gasteiger charge is 1.90. The zero-order chi connectivity index (χ0) is 15.4. The molecule has 0 bridgehead atoms. The predicted octanol–water partition coefficient (Wildman–Crippen LogP) is 5.62. The molecule has 108 valence electrons. The van der Waals surface area contributed by atoms with E-state index in [1.807, 2.05) is 25.1 Å². The van der Waals surface area contributed by atoms with E-state index in [9.17, 15) is 0 Å². The van der Waals surface area contributed by atoms with Crippen LogP contribution in [0.4, 0.5) is 0 Å². The summed E-state index contributed by atoms with van der Waals surface area (Å²) in [5.74, 6) is 1.59. The third-order valence-corrected chi connectivity index (χ3v) is 2.12. The van der Waals surface area contributed by atoms with Crippen molar-refractivity contribution in [3.63, 3.8) is 0 Å². The van der Waals surface area contributed by atoms with Crippen LogP contribution in [0.3, 0.4) is 0 Å². The highest BCUT2D eigenvalue weighted by molar-refractivity contribution is 14.2. The van der Waals surface area contributed by atoms with Crippen LogP contribution in [0.15, 0.2) is 61.2 Å². The lowest BCUT2D eigenvalue weighted by Gasteiger charge is -1.97. The second kappa shape index (κ2) is 12.1. The molecule has 0 aliphatic rings. The molecule has 0 aliphatic heterocycles. The van der Waals surface area contributed by atoms with E-state index in [0.29, 0.717) is 11.5 Å². The summed E-state index contributed by atoms with van der Waals surface area (Å²) in [6.45, 7) is 5.71. The van der Waals surface area contributed by atoms with E-state index in [-0.39, 0.29) is 0 Å². The molecule has 2 N–H and O–H groups in total. The molecule has 0 saturated heterocycles. The van der Waals surface area contributed by atoms with E-state index in [4.69, 9.17) is 10.2 Å². The lowest BCUT2D eigenvalue weighted by atomic mass is 10.1. The summed E-state index contributed by atoms with van der Waals surface area (Å²) >= 11 is 2.28. The number of halogens is 1. The maximum atomic E-state index is 8.91. The van der Waals surface area contributed by atoms with Gasteiger partial charge in [0.2, 0.25) is 0 Å². The first-order valence-electron chi connectivity index (χ1n) is 5.76. The Balaban J connectivity index is 0.000000315. The highest BCUT2D eigenvalue weighted by Crippen LogP contribution is 2.28. The Morgan fingerprint density at radius 1 is 1.00 bits per heavy atom. The molecule has 0 spiro atoms. The van der Waals surface area contributed by atoms with E-state index < -0.39 is 0 Å². The molecule has 5 heteroatoms. The second-order valence-electron chi connectivity index (χ2n) is 3.77. The Morgan fingerprint density at radius 2 is 1.40 bits per heavy atom. The van der Waals surface area contributed by atoms with Crippen LogP contribution >= 0.6 is 36.9 Å². The van der Waals surface area contributed by atoms with Crippen LogP contribution in [0.5, 0.6) is 11.5 Å². The lowest BCUT2D eigenvalue weighted by molar-refractivity contribution is 0.475. The summed E-state index contributed by atoms with van der Waals surface area (Å²) in [7, 11) is 2.59. The van der Waals surface area contributed by atoms with E-state index >= 15 is 0 Å². The van der Waals surface area contributed by atoms with Crippen molar-refractivity contribution >= 4 is 42.5 Å². The number of hydrogen-bond donors (Lipinski definition) is 2. The molecule has 2 rings (SSSR count). The molecule has 2 aromatic carbocycles. The van der Waals surface area contributed by atoms with Gasteiger partial charge in [0, 0.05) is 0 Å². The molecule has 0 radical (unpaired) electrons. The van der Waals surface area contributed by atoms with Gasteiger partial charge in [0.05, 0.1) is 0 Å². The lowest BCUT2D eigenvalue weighted by Crippen LogP contribution is -1.74. The van der Waals surface area contributed by atoms with Gasteiger partial charge in [0.25, 0.3) is 0 Å². The molecule has 2 unspecified atom stereocenters. The molecule has 2 aromatic rings. The monoisotopic (exact) mass is 420 g/mol. The Morgan fingerprint density at radius 3 is 1.70 bits per heavy atom. The largest absolute Gasteiger partial charge is 0.508 e. The normalized spacial score (nSPS) is 9.15. The van der Waals surface area contributed by atoms with Crippen LogP contribution in [0, 0.1) is 0 Å². The van der Waals surface area contributed by atoms with Crippen molar-refractivity contribution in [2.45, 2.75) is 6.92 Å². The summed E-state index contributed by atoms with van der Waals surface area (Å²) < 4.78 is 0. The number of allylic oxidation sites excluding steroid dienone is 1. The van der Waals surface area contributed by atoms with Crippen LogP contribution in [0.25, 0.3) is 5.57 Å². The number of benzene rings is 2. The highest BCUT2D eigenvalue weighted by atomic mass is 127. The third kappa shape index (κ3) is 10.2. The minimum absolute atomic E-state index is 0.296. The minimum atomic E-state index is 0.296. The van der Waals surface area contributed by atoms with Gasteiger partial charge in [-0.05, 0) is 42.7 Å². The number of rotatable bonds is 1. The van der Waals surface area contributed by atoms with Crippen LogP contribution in [-0.2, 0) is 0 Å². The topological polar surface area (TPSA) is 40.5 Å². The molecule has 2 atom stereocenters. The van der Waals surface area contributed by atoms with Gasteiger partial charge in [-0.25, -0.2) is 0 Å². The molecule has 0 heterocycles. The molecule has 2 nitrogen and oxygen atoms in total. The molecule has 20 heavy (non-hydrogen) atoms. The van der Waals surface area contributed by atoms with Gasteiger partial charge in [-0.3, -0.25) is 0 Å². The summed E-state index contributed by atoms with van der Waals surface area (Å²) in [6.07, 6.45) is 0. The van der Waals surface area contributed by atoms with Gasteiger partial charge in [0.1, 0.15) is 11.5 Å². The van der Waals surface area contributed by atoms with Crippen molar-refractivity contribution in [2.75, 3.05) is 0 Å². The molecule has 0 saturated carbocycles. The zero-order valence-corrected chi connectivity index (χ0v) is 15.6. The average Bonchev–Trinajstić information content (AvgIpc) is 2.41. The summed E-state index contributed by atoms with van der Waals surface area (Å²) in [5.41, 5.74) is 2.08. The third-order valence-electron chi connectivity index (χ3n) is 2.12. The van der Waals surface area contributed by atoms with Gasteiger partial charge in [-0.15, -0.1) is 8.93 Å². The van der Waals surface area contributed by atoms with Crippen molar-refractivity contribution in [2.24, 2.45) is 0 Å². The average molecular weight is 420 g/mol. The maximum absolute atomic E-state index is 8.91. The van der Waals surface area contributed by atoms with Gasteiger partial charge in [-0.2, -0.15) is 0 Å². The van der Waals surface area contributed by atoms with Crippen molar-refractivity contribution in [3.05, 3.63) is 66.7 Å². The van der Waals surface area contributed by atoms with Crippen LogP contribution < -0.4 is 0 Å². The summed E-state index contributed by atoms with van der Waals surface area (Å²) in [4.78, 5) is 0. The summed E-state index contributed by atoms with van der Waals surface area (Å²) in [6, 6.07) is 15.7. The van der Waals surface area contributed by atoms with E-state index in [1.54, 1.807) is 36.4 Å². The Labute approximate surface area is 137 Å². The number of aromatic hydroxyl groups is 2. The fraction of sp³-hybridized carbons (Fsp3) is 0.0667. The Hall–Kier alpha value is -0.630. The van der Waals surface area contributed by atoms with Crippen LogP contribution in [0.1, 0.15) is 12.5 Å². The van der Waals surface area contributed by atoms with E-state index in [0.717, 1.165) is 17.0 Å². The standard InChI is InChI=1S/C9H10O.C6H6O.H3IP2/c1-7(2)8-3-5-9(10)6-4-8;7-6-4-2-1-3-5-6;1-3-2/h3-6,10H,1H2,2H3;1-5,7H;3H,2H2. The molecule has 0 amide bonds. The molecule has 0 aliphatic carbocycles. The fourth-order valence-electron chi connectivity index (χ4n) is 1.17. The van der Waals surface area contributed by atoms with Crippen LogP contribution in [0.2, 0.25) is 0 Å². The van der Waals surface area contributed by atoms with Crippen molar-refractivity contribution in [1.29, 1.82) is 0 Å². The Bertz CT molecular complexity index is 487. The van der Waals surface area contributed by atoms with Gasteiger partial charge in [0.15, 0.2) is 0 Å². The van der Waals surface area contributed by atoms with Crippen molar-refractivity contribution in [3.8, 4) is 11.5 Å². The molecular formula is C15H19IO2P2. The number of phenolic OH excluding ortho intramolecular Hbond substituents is 2. The first kappa shape index (κ1) is 19.4. The first-order chi connectivity index (χ1) is 9.51. The maximum Gasteiger partial charge on any atom is 0.115 e. The predicted molar refractivity (Wildman–Crippen MR) is 103 cm³/mol. The van der Waals surface area contributed by atoms with Crippen molar-refractivity contribution in [1.82, 2.24) is 0 Å². The van der Waals surface area contributed by atoms with Crippen LogP contribution in [-0.4, -0.2) is 10.2 Å². The fourth-order valence-corrected chi connectivity index (χ4v) is 1.17. The SMILES string of the molecule is C=C(C)c1ccc(O)cc1.Oc1ccccc1.PPI. The number of para-hydroxylation sites is 1. The number of phenols is 2. The zero-order valence-electron chi connectivity index (χ0n) is 11.3. The van der Waals surface area contributed by atoms with E-state index in [1.165, 1.54) is 0 Å². The number of hydrogen-bond acceptors (Lipinski definition) is 2. The van der Waals surface area contributed by atoms with Gasteiger partial charge in [-0.1, -0.05) is 64.5 Å². The molecule has 0 aromatic heterocycles. The smallest absolute Gasteiger partial charge is 0.115 e. The van der Waals surface area contributed by atoms with Gasteiger partial charge < -0.3 is 10.2 Å². The quantitative estimate of drug-likeness (QED) is 0.464. The second-order valence-corrected chi connectivity index (χ2v) is 10.3. The van der Waals surface area contributed by atoms with E-state index in [2.05, 4.69) is 37.5 Å². The molecular weight excluding hydrogens is 401 g/mol. The molecule has 0 fully saturated rings. The van der Waals surface area contributed by atoms with Crippen molar-refractivity contribution < 1.29 is 10.2 Å². The minimum Gasteiger partial charge on any atom is -0.508 e. The Kier molecular flexibility index (Phi) is 11.8. The first-order valence-corrected chi connectivity index (χ1v) is 11.7. The summed E-state index contributed by atoms with van der Waals surface area (Å²) in [5, 5.41) is 17.5. The van der Waals surface area contributed by atoms with Gasteiger partial charge >= 0.3 is 0 Å².